The topological polar surface area (TPSA) is 66.0 Å². The fourth-order valence-corrected chi connectivity index (χ4v) is 2.70. The lowest BCUT2D eigenvalue weighted by molar-refractivity contribution is -0.138. The van der Waals surface area contributed by atoms with Crippen LogP contribution in [0.15, 0.2) is 48.6 Å². The van der Waals surface area contributed by atoms with Crippen LogP contribution in [0.5, 0.6) is 17.2 Å². The average Bonchev–Trinajstić information content (AvgIpc) is 2.71. The molecule has 1 atom stereocenters. The second-order valence-electron chi connectivity index (χ2n) is 5.79. The molecule has 0 aliphatic rings. The Kier molecular flexibility index (Phi) is 7.26. The van der Waals surface area contributed by atoms with Crippen LogP contribution in [-0.2, 0) is 9.53 Å². The fraction of sp³-hybridized carbons (Fsp3) is 0.286. The Balaban J connectivity index is 2.46. The molecule has 6 nitrogen and oxygen atoms in total. The molecule has 0 spiro atoms. The molecule has 0 aliphatic carbocycles. The number of nitrogens with one attached hydrogen (secondary N) is 1. The Morgan fingerprint density at radius 2 is 1.64 bits per heavy atom. The third-order valence-corrected chi connectivity index (χ3v) is 4.07. The highest BCUT2D eigenvalue weighted by atomic mass is 19.1. The van der Waals surface area contributed by atoms with Crippen molar-refractivity contribution in [2.45, 2.75) is 13.0 Å². The number of carbonyl (C=O) groups is 1. The second kappa shape index (κ2) is 9.64. The smallest absolute Gasteiger partial charge is 0.335 e. The van der Waals surface area contributed by atoms with Crippen molar-refractivity contribution < 1.29 is 28.1 Å². The van der Waals surface area contributed by atoms with Crippen LogP contribution in [0.25, 0.3) is 0 Å². The summed E-state index contributed by atoms with van der Waals surface area (Å²) in [4.78, 5) is 12.3. The van der Waals surface area contributed by atoms with Crippen LogP contribution in [0, 0.1) is 5.82 Å². The van der Waals surface area contributed by atoms with Crippen LogP contribution in [0.2, 0.25) is 0 Å². The fourth-order valence-electron chi connectivity index (χ4n) is 2.70. The predicted molar refractivity (Wildman–Crippen MR) is 105 cm³/mol. The van der Waals surface area contributed by atoms with Gasteiger partial charge in [-0.05, 0) is 24.6 Å². The van der Waals surface area contributed by atoms with Crippen molar-refractivity contribution in [3.63, 3.8) is 0 Å². The monoisotopic (exact) mass is 389 g/mol. The van der Waals surface area contributed by atoms with Crippen molar-refractivity contribution in [1.29, 1.82) is 0 Å². The van der Waals surface area contributed by atoms with Gasteiger partial charge in [-0.3, -0.25) is 0 Å². The Labute approximate surface area is 163 Å². The SMILES string of the molecule is C=C(C(=O)OCC)[C@@H](Nc1cc(OC)c(OC)c(OC)c1)c1ccc(F)cc1. The molecule has 0 fully saturated rings. The zero-order chi connectivity index (χ0) is 20.7. The third kappa shape index (κ3) is 4.73. The number of benzene rings is 2. The lowest BCUT2D eigenvalue weighted by atomic mass is 9.99. The van der Waals surface area contributed by atoms with Crippen LogP contribution >= 0.6 is 0 Å². The Morgan fingerprint density at radius 1 is 1.07 bits per heavy atom. The van der Waals surface area contributed by atoms with Gasteiger partial charge in [0, 0.05) is 17.8 Å². The van der Waals surface area contributed by atoms with Crippen molar-refractivity contribution in [3.8, 4) is 17.2 Å². The lowest BCUT2D eigenvalue weighted by Crippen LogP contribution is -2.20. The van der Waals surface area contributed by atoms with E-state index < -0.39 is 12.0 Å². The van der Waals surface area contributed by atoms with Gasteiger partial charge in [0.25, 0.3) is 0 Å². The number of methoxy groups -OCH3 is 3. The van der Waals surface area contributed by atoms with Crippen molar-refractivity contribution in [2.24, 2.45) is 0 Å². The first-order valence-electron chi connectivity index (χ1n) is 8.63. The van der Waals surface area contributed by atoms with Crippen LogP contribution in [-0.4, -0.2) is 33.9 Å². The molecule has 0 saturated carbocycles. The maximum atomic E-state index is 13.4. The number of ether oxygens (including phenoxy) is 4. The number of halogens is 1. The van der Waals surface area contributed by atoms with Crippen LogP contribution < -0.4 is 19.5 Å². The summed E-state index contributed by atoms with van der Waals surface area (Å²) in [6.45, 7) is 5.80. The van der Waals surface area contributed by atoms with E-state index in [9.17, 15) is 9.18 Å². The molecule has 150 valence electrons. The zero-order valence-electron chi connectivity index (χ0n) is 16.4. The highest BCUT2D eigenvalue weighted by molar-refractivity contribution is 5.90. The normalized spacial score (nSPS) is 11.3. The van der Waals surface area contributed by atoms with E-state index in [1.54, 1.807) is 31.2 Å². The van der Waals surface area contributed by atoms with Crippen molar-refractivity contribution in [2.75, 3.05) is 33.3 Å². The summed E-state index contributed by atoms with van der Waals surface area (Å²) >= 11 is 0. The minimum atomic E-state index is -0.651. The molecule has 2 aromatic rings. The van der Waals surface area contributed by atoms with Crippen molar-refractivity contribution in [1.82, 2.24) is 0 Å². The third-order valence-electron chi connectivity index (χ3n) is 4.07. The van der Waals surface area contributed by atoms with Crippen LogP contribution in [0.3, 0.4) is 0 Å². The minimum Gasteiger partial charge on any atom is -0.493 e. The van der Waals surface area contributed by atoms with Crippen LogP contribution in [0.4, 0.5) is 10.1 Å². The van der Waals surface area contributed by atoms with E-state index in [1.807, 2.05) is 0 Å². The predicted octanol–water partition coefficient (Wildman–Crippen LogP) is 4.12. The van der Waals surface area contributed by atoms with Crippen molar-refractivity contribution >= 4 is 11.7 Å². The Hall–Kier alpha value is -3.22. The van der Waals surface area contributed by atoms with Gasteiger partial charge in [-0.1, -0.05) is 18.7 Å². The first-order chi connectivity index (χ1) is 13.4. The molecule has 0 aliphatic heterocycles. The summed E-state index contributed by atoms with van der Waals surface area (Å²) in [7, 11) is 4.53. The van der Waals surface area contributed by atoms with E-state index in [1.165, 1.54) is 33.5 Å². The lowest BCUT2D eigenvalue weighted by Gasteiger charge is -2.23. The molecule has 0 unspecified atom stereocenters. The van der Waals surface area contributed by atoms with Gasteiger partial charge in [0.2, 0.25) is 5.75 Å². The molecule has 0 radical (unpaired) electrons. The highest BCUT2D eigenvalue weighted by Crippen LogP contribution is 2.41. The van der Waals surface area contributed by atoms with E-state index in [4.69, 9.17) is 18.9 Å². The average molecular weight is 389 g/mol. The van der Waals surface area contributed by atoms with Gasteiger partial charge < -0.3 is 24.3 Å². The standard InChI is InChI=1S/C21H24FNO5/c1-6-28-21(24)13(2)19(14-7-9-15(22)10-8-14)23-16-11-17(25-3)20(27-5)18(12-16)26-4/h7-12,19,23H,2,6H2,1,3-5H3/t19-/m1/s1. The highest BCUT2D eigenvalue weighted by Gasteiger charge is 2.23. The van der Waals surface area contributed by atoms with Crippen LogP contribution in [0.1, 0.15) is 18.5 Å². The van der Waals surface area contributed by atoms with Gasteiger partial charge >= 0.3 is 5.97 Å². The zero-order valence-corrected chi connectivity index (χ0v) is 16.4. The summed E-state index contributed by atoms with van der Waals surface area (Å²) in [6.07, 6.45) is 0. The van der Waals surface area contributed by atoms with Crippen molar-refractivity contribution in [3.05, 3.63) is 59.9 Å². The van der Waals surface area contributed by atoms with Gasteiger partial charge in [-0.25, -0.2) is 9.18 Å². The summed E-state index contributed by atoms with van der Waals surface area (Å²) < 4.78 is 34.5. The number of hydrogen-bond acceptors (Lipinski definition) is 6. The second-order valence-corrected chi connectivity index (χ2v) is 5.79. The number of carbonyl (C=O) groups excluding carboxylic acids is 1. The molecular weight excluding hydrogens is 365 g/mol. The van der Waals surface area contributed by atoms with Gasteiger partial charge in [0.15, 0.2) is 11.5 Å². The molecule has 2 rings (SSSR count). The molecule has 28 heavy (non-hydrogen) atoms. The summed E-state index contributed by atoms with van der Waals surface area (Å²) in [5, 5.41) is 3.22. The Bertz CT molecular complexity index is 810. The largest absolute Gasteiger partial charge is 0.493 e. The molecule has 0 heterocycles. The first kappa shape index (κ1) is 21.1. The van der Waals surface area contributed by atoms with Gasteiger partial charge in [-0.2, -0.15) is 0 Å². The Morgan fingerprint density at radius 3 is 2.11 bits per heavy atom. The molecule has 7 heteroatoms. The minimum absolute atomic E-state index is 0.183. The number of esters is 1. The van der Waals surface area contributed by atoms with E-state index in [-0.39, 0.29) is 18.0 Å². The van der Waals surface area contributed by atoms with E-state index in [2.05, 4.69) is 11.9 Å². The number of hydrogen-bond donors (Lipinski definition) is 1. The van der Waals surface area contributed by atoms with Gasteiger partial charge in [0.05, 0.1) is 39.6 Å². The molecule has 0 bridgehead atoms. The van der Waals surface area contributed by atoms with E-state index >= 15 is 0 Å². The number of rotatable bonds is 9. The summed E-state index contributed by atoms with van der Waals surface area (Å²) in [5.41, 5.74) is 1.42. The maximum absolute atomic E-state index is 13.4. The summed E-state index contributed by atoms with van der Waals surface area (Å²) in [6, 6.07) is 8.55. The van der Waals surface area contributed by atoms with E-state index in [0.29, 0.717) is 28.5 Å². The summed E-state index contributed by atoms with van der Waals surface area (Å²) in [5.74, 6) is 0.416. The molecular formula is C21H24FNO5. The van der Waals surface area contributed by atoms with E-state index in [0.717, 1.165) is 0 Å². The van der Waals surface area contributed by atoms with Gasteiger partial charge in [-0.15, -0.1) is 0 Å². The quantitative estimate of drug-likeness (QED) is 0.514. The number of anilines is 1. The maximum Gasteiger partial charge on any atom is 0.335 e. The molecule has 0 saturated heterocycles. The molecule has 1 N–H and O–H groups in total. The molecule has 0 aromatic heterocycles. The van der Waals surface area contributed by atoms with Gasteiger partial charge in [0.1, 0.15) is 5.82 Å². The molecule has 2 aromatic carbocycles. The first-order valence-corrected chi connectivity index (χ1v) is 8.63. The molecule has 0 amide bonds.